The molecule has 0 fully saturated rings. The van der Waals surface area contributed by atoms with E-state index in [9.17, 15) is 4.79 Å². The number of carbonyl (C=O) groups excluding carboxylic acids is 1. The molecule has 0 saturated heterocycles. The van der Waals surface area contributed by atoms with Crippen molar-refractivity contribution < 1.29 is 4.79 Å². The molecule has 1 aliphatic rings. The highest BCUT2D eigenvalue weighted by atomic mass is 16.1. The number of amides is 1. The highest BCUT2D eigenvalue weighted by molar-refractivity contribution is 6.05. The molecule has 3 aromatic rings. The lowest BCUT2D eigenvalue weighted by atomic mass is 10.0. The van der Waals surface area contributed by atoms with Crippen LogP contribution in [0, 0.1) is 13.8 Å². The fourth-order valence-electron chi connectivity index (χ4n) is 3.99. The van der Waals surface area contributed by atoms with Crippen LogP contribution in [-0.2, 0) is 31.1 Å². The number of rotatable bonds is 4. The number of aryl methyl sites for hydroxylation is 4. The summed E-state index contributed by atoms with van der Waals surface area (Å²) in [5.41, 5.74) is 7.04. The molecule has 4 nitrogen and oxygen atoms in total. The predicted octanol–water partition coefficient (Wildman–Crippen LogP) is 3.86. The van der Waals surface area contributed by atoms with Gasteiger partial charge in [0.2, 0.25) is 5.91 Å². The molecule has 1 aromatic heterocycles. The van der Waals surface area contributed by atoms with E-state index in [1.54, 1.807) is 0 Å². The Hall–Kier alpha value is -2.62. The minimum Gasteiger partial charge on any atom is -0.326 e. The summed E-state index contributed by atoms with van der Waals surface area (Å²) in [6.45, 7) is 4.06. The van der Waals surface area contributed by atoms with Gasteiger partial charge in [-0.05, 0) is 61.3 Å². The summed E-state index contributed by atoms with van der Waals surface area (Å²) >= 11 is 0. The zero-order valence-electron chi connectivity index (χ0n) is 15.0. The molecule has 0 radical (unpaired) electrons. The van der Waals surface area contributed by atoms with Crippen molar-refractivity contribution in [3.8, 4) is 0 Å². The molecule has 2 aromatic carbocycles. The normalized spacial score (nSPS) is 12.8. The molecule has 0 aliphatic heterocycles. The first kappa shape index (κ1) is 15.9. The predicted molar refractivity (Wildman–Crippen MR) is 101 cm³/mol. The van der Waals surface area contributed by atoms with Gasteiger partial charge in [-0.2, -0.15) is 5.10 Å². The van der Waals surface area contributed by atoms with Crippen LogP contribution in [0.15, 0.2) is 30.3 Å². The van der Waals surface area contributed by atoms with Crippen LogP contribution < -0.4 is 5.32 Å². The molecule has 0 bridgehead atoms. The molecular formula is C21H23N3O. The van der Waals surface area contributed by atoms with Gasteiger partial charge in [0, 0.05) is 30.2 Å². The Bertz CT molecular complexity index is 974. The zero-order chi connectivity index (χ0) is 17.6. The molecule has 1 amide bonds. The third-order valence-electron chi connectivity index (χ3n) is 5.41. The molecule has 1 N–H and O–H groups in total. The van der Waals surface area contributed by atoms with Gasteiger partial charge in [-0.15, -0.1) is 0 Å². The second-order valence-electron chi connectivity index (χ2n) is 6.93. The molecule has 0 atom stereocenters. The minimum absolute atomic E-state index is 0.0568. The Morgan fingerprint density at radius 2 is 1.92 bits per heavy atom. The molecule has 1 aliphatic carbocycles. The van der Waals surface area contributed by atoms with Gasteiger partial charge in [-0.3, -0.25) is 9.48 Å². The molecule has 25 heavy (non-hydrogen) atoms. The lowest BCUT2D eigenvalue weighted by Crippen LogP contribution is -2.13. The maximum Gasteiger partial charge on any atom is 0.224 e. The second-order valence-corrected chi connectivity index (χ2v) is 6.93. The van der Waals surface area contributed by atoms with E-state index in [0.717, 1.165) is 41.7 Å². The number of carbonyl (C=O) groups is 1. The monoisotopic (exact) mass is 333 g/mol. The Balaban J connectivity index is 1.53. The zero-order valence-corrected chi connectivity index (χ0v) is 15.0. The Kier molecular flexibility index (Phi) is 3.83. The molecule has 0 saturated carbocycles. The third-order valence-corrected chi connectivity index (χ3v) is 5.41. The van der Waals surface area contributed by atoms with Gasteiger partial charge in [-0.25, -0.2) is 0 Å². The van der Waals surface area contributed by atoms with Crippen LogP contribution in [0.5, 0.6) is 0 Å². The summed E-state index contributed by atoms with van der Waals surface area (Å²) in [5.74, 6) is 0.0568. The van der Waals surface area contributed by atoms with E-state index < -0.39 is 0 Å². The SMILES string of the molecule is Cc1nn(C)c(C)c1CCC(=O)Nc1ccc2c3c(cccc13)CC2. The summed E-state index contributed by atoms with van der Waals surface area (Å²) in [5, 5.41) is 10.0. The quantitative estimate of drug-likeness (QED) is 0.788. The molecule has 0 spiro atoms. The summed E-state index contributed by atoms with van der Waals surface area (Å²) in [4.78, 5) is 12.5. The summed E-state index contributed by atoms with van der Waals surface area (Å²) in [7, 11) is 1.94. The highest BCUT2D eigenvalue weighted by Gasteiger charge is 2.17. The van der Waals surface area contributed by atoms with Crippen LogP contribution in [0.2, 0.25) is 0 Å². The van der Waals surface area contributed by atoms with E-state index in [-0.39, 0.29) is 5.91 Å². The van der Waals surface area contributed by atoms with Gasteiger partial charge in [-0.1, -0.05) is 24.3 Å². The lowest BCUT2D eigenvalue weighted by molar-refractivity contribution is -0.116. The number of nitrogens with one attached hydrogen (secondary N) is 1. The first-order valence-electron chi connectivity index (χ1n) is 8.87. The number of nitrogens with zero attached hydrogens (tertiary/aromatic N) is 2. The smallest absolute Gasteiger partial charge is 0.224 e. The maximum absolute atomic E-state index is 12.5. The van der Waals surface area contributed by atoms with Gasteiger partial charge >= 0.3 is 0 Å². The van der Waals surface area contributed by atoms with Gasteiger partial charge in [0.1, 0.15) is 0 Å². The lowest BCUT2D eigenvalue weighted by Gasteiger charge is -2.11. The molecule has 0 unspecified atom stereocenters. The number of hydrogen-bond acceptors (Lipinski definition) is 2. The third kappa shape index (κ3) is 2.72. The second kappa shape index (κ2) is 6.03. The number of hydrogen-bond donors (Lipinski definition) is 1. The molecule has 128 valence electrons. The van der Waals surface area contributed by atoms with Crippen LogP contribution in [0.1, 0.15) is 34.5 Å². The first-order chi connectivity index (χ1) is 12.0. The van der Waals surface area contributed by atoms with Gasteiger partial charge in [0.15, 0.2) is 0 Å². The van der Waals surface area contributed by atoms with E-state index in [1.165, 1.54) is 22.1 Å². The molecule has 1 heterocycles. The number of aromatic nitrogens is 2. The molecule has 4 heteroatoms. The van der Waals surface area contributed by atoms with Crippen molar-refractivity contribution in [3.63, 3.8) is 0 Å². The fourth-order valence-corrected chi connectivity index (χ4v) is 3.99. The van der Waals surface area contributed by atoms with Crippen LogP contribution in [-0.4, -0.2) is 15.7 Å². The summed E-state index contributed by atoms with van der Waals surface area (Å²) < 4.78 is 1.88. The Morgan fingerprint density at radius 3 is 2.64 bits per heavy atom. The van der Waals surface area contributed by atoms with Crippen molar-refractivity contribution in [2.24, 2.45) is 7.05 Å². The van der Waals surface area contributed by atoms with Crippen molar-refractivity contribution in [3.05, 3.63) is 58.4 Å². The number of benzene rings is 2. The molecular weight excluding hydrogens is 310 g/mol. The van der Waals surface area contributed by atoms with Crippen molar-refractivity contribution in [1.29, 1.82) is 0 Å². The van der Waals surface area contributed by atoms with Crippen molar-refractivity contribution >= 4 is 22.4 Å². The van der Waals surface area contributed by atoms with E-state index in [0.29, 0.717) is 6.42 Å². The van der Waals surface area contributed by atoms with Crippen LogP contribution >= 0.6 is 0 Å². The average Bonchev–Trinajstić information content (AvgIpc) is 3.11. The first-order valence-corrected chi connectivity index (χ1v) is 8.87. The van der Waals surface area contributed by atoms with Crippen LogP contribution in [0.4, 0.5) is 5.69 Å². The maximum atomic E-state index is 12.5. The van der Waals surface area contributed by atoms with Crippen LogP contribution in [0.3, 0.4) is 0 Å². The van der Waals surface area contributed by atoms with Crippen molar-refractivity contribution in [1.82, 2.24) is 9.78 Å². The van der Waals surface area contributed by atoms with E-state index in [4.69, 9.17) is 0 Å². The van der Waals surface area contributed by atoms with Crippen LogP contribution in [0.25, 0.3) is 10.8 Å². The van der Waals surface area contributed by atoms with E-state index in [1.807, 2.05) is 24.7 Å². The van der Waals surface area contributed by atoms with E-state index >= 15 is 0 Å². The number of anilines is 1. The average molecular weight is 333 g/mol. The van der Waals surface area contributed by atoms with Crippen molar-refractivity contribution in [2.45, 2.75) is 39.5 Å². The van der Waals surface area contributed by atoms with Gasteiger partial charge in [0.05, 0.1) is 5.69 Å². The Labute approximate surface area is 147 Å². The van der Waals surface area contributed by atoms with Gasteiger partial charge in [0.25, 0.3) is 0 Å². The highest BCUT2D eigenvalue weighted by Crippen LogP contribution is 2.35. The molecule has 4 rings (SSSR count). The Morgan fingerprint density at radius 1 is 1.16 bits per heavy atom. The fraction of sp³-hybridized carbons (Fsp3) is 0.333. The standard InChI is InChI=1S/C21H23N3O/c1-13-17(14(2)24(3)23-13)10-12-20(25)22-19-11-9-16-8-7-15-5-4-6-18(19)21(15)16/h4-6,9,11H,7-8,10,12H2,1-3H3,(H,22,25). The summed E-state index contributed by atoms with van der Waals surface area (Å²) in [6, 6.07) is 10.6. The van der Waals surface area contributed by atoms with Gasteiger partial charge < -0.3 is 5.32 Å². The topological polar surface area (TPSA) is 46.9 Å². The van der Waals surface area contributed by atoms with E-state index in [2.05, 4.69) is 41.6 Å². The summed E-state index contributed by atoms with van der Waals surface area (Å²) in [6.07, 6.45) is 3.39. The van der Waals surface area contributed by atoms with Crippen molar-refractivity contribution in [2.75, 3.05) is 5.32 Å². The largest absolute Gasteiger partial charge is 0.326 e. The minimum atomic E-state index is 0.0568.